The third-order valence-electron chi connectivity index (χ3n) is 4.76. The molecule has 2 fully saturated rings. The van der Waals surface area contributed by atoms with Gasteiger partial charge in [-0.15, -0.1) is 0 Å². The van der Waals surface area contributed by atoms with Gasteiger partial charge in [-0.2, -0.15) is 0 Å². The van der Waals surface area contributed by atoms with Crippen LogP contribution >= 0.6 is 0 Å². The van der Waals surface area contributed by atoms with Gasteiger partial charge >= 0.3 is 0 Å². The van der Waals surface area contributed by atoms with Crippen LogP contribution in [0.4, 0.5) is 0 Å². The minimum absolute atomic E-state index is 0.715. The molecule has 0 aromatic rings. The second-order valence-electron chi connectivity index (χ2n) is 6.23. The average Bonchev–Trinajstić information content (AvgIpc) is 2.46. The number of piperazine rings is 1. The standard InChI is InChI=1S/C15H31N3O/c1-14(2)17-6-4-15(5-7-17)18-10-8-16(9-11-18)12-13-19-3/h14-15H,4-13H2,1-3H3. The Balaban J connectivity index is 1.68. The highest BCUT2D eigenvalue weighted by Crippen LogP contribution is 2.19. The number of methoxy groups -OCH3 is 1. The predicted octanol–water partition coefficient (Wildman–Crippen LogP) is 1.12. The Morgan fingerprint density at radius 1 is 1.00 bits per heavy atom. The summed E-state index contributed by atoms with van der Waals surface area (Å²) in [6.45, 7) is 14.1. The average molecular weight is 269 g/mol. The number of ether oxygens (including phenoxy) is 1. The summed E-state index contributed by atoms with van der Waals surface area (Å²) >= 11 is 0. The van der Waals surface area contributed by atoms with Crippen LogP contribution in [0.25, 0.3) is 0 Å². The lowest BCUT2D eigenvalue weighted by Crippen LogP contribution is -2.54. The predicted molar refractivity (Wildman–Crippen MR) is 79.6 cm³/mol. The van der Waals surface area contributed by atoms with E-state index >= 15 is 0 Å². The molecule has 2 aliphatic heterocycles. The Morgan fingerprint density at radius 2 is 1.63 bits per heavy atom. The van der Waals surface area contributed by atoms with E-state index in [0.29, 0.717) is 6.04 Å². The van der Waals surface area contributed by atoms with Gasteiger partial charge in [-0.25, -0.2) is 0 Å². The third-order valence-corrected chi connectivity index (χ3v) is 4.76. The van der Waals surface area contributed by atoms with Crippen LogP contribution in [0.1, 0.15) is 26.7 Å². The maximum Gasteiger partial charge on any atom is 0.0589 e. The van der Waals surface area contributed by atoms with Crippen molar-refractivity contribution in [2.24, 2.45) is 0 Å². The lowest BCUT2D eigenvalue weighted by Gasteiger charge is -2.43. The smallest absolute Gasteiger partial charge is 0.0589 e. The van der Waals surface area contributed by atoms with E-state index in [9.17, 15) is 0 Å². The molecule has 4 heteroatoms. The molecule has 0 aromatic heterocycles. The molecule has 2 aliphatic rings. The van der Waals surface area contributed by atoms with E-state index in [2.05, 4.69) is 28.5 Å². The first kappa shape index (κ1) is 15.2. The van der Waals surface area contributed by atoms with Crippen molar-refractivity contribution in [3.63, 3.8) is 0 Å². The Hall–Kier alpha value is -0.160. The molecule has 19 heavy (non-hydrogen) atoms. The largest absolute Gasteiger partial charge is 0.383 e. The number of hydrogen-bond donors (Lipinski definition) is 0. The van der Waals surface area contributed by atoms with E-state index in [0.717, 1.165) is 19.2 Å². The van der Waals surface area contributed by atoms with Crippen LogP contribution in [0.3, 0.4) is 0 Å². The summed E-state index contributed by atoms with van der Waals surface area (Å²) in [4.78, 5) is 7.87. The molecule has 2 heterocycles. The second-order valence-corrected chi connectivity index (χ2v) is 6.23. The van der Waals surface area contributed by atoms with E-state index in [1.807, 2.05) is 0 Å². The Labute approximate surface area is 118 Å². The summed E-state index contributed by atoms with van der Waals surface area (Å²) in [7, 11) is 1.79. The third kappa shape index (κ3) is 4.42. The van der Waals surface area contributed by atoms with Crippen LogP contribution < -0.4 is 0 Å². The summed E-state index contributed by atoms with van der Waals surface area (Å²) in [5, 5.41) is 0. The number of likely N-dealkylation sites (tertiary alicyclic amines) is 1. The highest BCUT2D eigenvalue weighted by molar-refractivity contribution is 4.84. The Bertz CT molecular complexity index is 244. The van der Waals surface area contributed by atoms with Crippen LogP contribution in [-0.2, 0) is 4.74 Å². The first-order valence-corrected chi connectivity index (χ1v) is 7.90. The van der Waals surface area contributed by atoms with Gasteiger partial charge in [0, 0.05) is 51.9 Å². The number of piperidine rings is 1. The fraction of sp³-hybridized carbons (Fsp3) is 1.00. The van der Waals surface area contributed by atoms with Crippen molar-refractivity contribution in [1.29, 1.82) is 0 Å². The van der Waals surface area contributed by atoms with Crippen LogP contribution in [0.2, 0.25) is 0 Å². The van der Waals surface area contributed by atoms with Crippen molar-refractivity contribution < 1.29 is 4.74 Å². The Morgan fingerprint density at radius 3 is 2.16 bits per heavy atom. The van der Waals surface area contributed by atoms with Gasteiger partial charge in [-0.05, 0) is 39.8 Å². The summed E-state index contributed by atoms with van der Waals surface area (Å²) in [5.74, 6) is 0. The fourth-order valence-corrected chi connectivity index (χ4v) is 3.34. The molecule has 0 aliphatic carbocycles. The van der Waals surface area contributed by atoms with Crippen molar-refractivity contribution in [1.82, 2.24) is 14.7 Å². The van der Waals surface area contributed by atoms with Crippen molar-refractivity contribution in [3.8, 4) is 0 Å². The molecule has 0 unspecified atom stereocenters. The zero-order valence-electron chi connectivity index (χ0n) is 13.0. The van der Waals surface area contributed by atoms with Crippen LogP contribution in [-0.4, -0.2) is 86.3 Å². The summed E-state index contributed by atoms with van der Waals surface area (Å²) in [6, 6.07) is 1.55. The first-order chi connectivity index (χ1) is 9.20. The van der Waals surface area contributed by atoms with Crippen LogP contribution in [0.15, 0.2) is 0 Å². The minimum Gasteiger partial charge on any atom is -0.383 e. The van der Waals surface area contributed by atoms with E-state index in [1.54, 1.807) is 7.11 Å². The monoisotopic (exact) mass is 269 g/mol. The van der Waals surface area contributed by atoms with Gasteiger partial charge in [-0.3, -0.25) is 9.80 Å². The maximum absolute atomic E-state index is 5.16. The van der Waals surface area contributed by atoms with Gasteiger partial charge in [-0.1, -0.05) is 0 Å². The fourth-order valence-electron chi connectivity index (χ4n) is 3.34. The van der Waals surface area contributed by atoms with Gasteiger partial charge in [0.15, 0.2) is 0 Å². The molecular formula is C15H31N3O. The molecule has 2 saturated heterocycles. The highest BCUT2D eigenvalue weighted by atomic mass is 16.5. The molecule has 0 saturated carbocycles. The number of hydrogen-bond acceptors (Lipinski definition) is 4. The molecule has 0 amide bonds. The normalized spacial score (nSPS) is 25.3. The van der Waals surface area contributed by atoms with Crippen LogP contribution in [0, 0.1) is 0 Å². The maximum atomic E-state index is 5.16. The van der Waals surface area contributed by atoms with Gasteiger partial charge in [0.25, 0.3) is 0 Å². The van der Waals surface area contributed by atoms with Gasteiger partial charge in [0.2, 0.25) is 0 Å². The lowest BCUT2D eigenvalue weighted by molar-refractivity contribution is 0.0432. The zero-order valence-corrected chi connectivity index (χ0v) is 13.0. The highest BCUT2D eigenvalue weighted by Gasteiger charge is 2.27. The first-order valence-electron chi connectivity index (χ1n) is 7.90. The topological polar surface area (TPSA) is 19.0 Å². The summed E-state index contributed by atoms with van der Waals surface area (Å²) in [5.41, 5.74) is 0. The molecule has 0 spiro atoms. The van der Waals surface area contributed by atoms with Gasteiger partial charge in [0.1, 0.15) is 0 Å². The molecule has 4 nitrogen and oxygen atoms in total. The number of nitrogens with zero attached hydrogens (tertiary/aromatic N) is 3. The quantitative estimate of drug-likeness (QED) is 0.744. The molecule has 0 aromatic carbocycles. The molecule has 0 N–H and O–H groups in total. The molecular weight excluding hydrogens is 238 g/mol. The molecule has 0 bridgehead atoms. The summed E-state index contributed by atoms with van der Waals surface area (Å²) < 4.78 is 5.16. The van der Waals surface area contributed by atoms with E-state index < -0.39 is 0 Å². The van der Waals surface area contributed by atoms with Crippen molar-refractivity contribution in [3.05, 3.63) is 0 Å². The lowest BCUT2D eigenvalue weighted by atomic mass is 10.0. The van der Waals surface area contributed by atoms with Crippen molar-refractivity contribution in [2.45, 2.75) is 38.8 Å². The molecule has 112 valence electrons. The van der Waals surface area contributed by atoms with E-state index in [1.165, 1.54) is 52.1 Å². The van der Waals surface area contributed by atoms with E-state index in [-0.39, 0.29) is 0 Å². The van der Waals surface area contributed by atoms with E-state index in [4.69, 9.17) is 4.74 Å². The summed E-state index contributed by atoms with van der Waals surface area (Å²) in [6.07, 6.45) is 2.71. The minimum atomic E-state index is 0.715. The molecule has 0 atom stereocenters. The SMILES string of the molecule is COCCN1CCN(C2CCN(C(C)C)CC2)CC1. The van der Waals surface area contributed by atoms with Gasteiger partial charge in [0.05, 0.1) is 6.61 Å². The number of rotatable bonds is 5. The second kappa shape index (κ2) is 7.58. The van der Waals surface area contributed by atoms with Crippen molar-refractivity contribution in [2.75, 3.05) is 59.5 Å². The van der Waals surface area contributed by atoms with Crippen molar-refractivity contribution >= 4 is 0 Å². The Kier molecular flexibility index (Phi) is 6.07. The van der Waals surface area contributed by atoms with Gasteiger partial charge < -0.3 is 9.64 Å². The van der Waals surface area contributed by atoms with Crippen LogP contribution in [0.5, 0.6) is 0 Å². The zero-order chi connectivity index (χ0) is 13.7. The molecule has 2 rings (SSSR count). The molecule has 0 radical (unpaired) electrons.